The number of amides is 3. The van der Waals surface area contributed by atoms with Crippen LogP contribution in [0.1, 0.15) is 79.4 Å². The molecule has 17 nitrogen and oxygen atoms in total. The van der Waals surface area contributed by atoms with Crippen LogP contribution in [0.2, 0.25) is 0 Å². The fourth-order valence-corrected chi connectivity index (χ4v) is 7.83. The van der Waals surface area contributed by atoms with Gasteiger partial charge >= 0.3 is 23.2 Å². The van der Waals surface area contributed by atoms with Gasteiger partial charge in [0, 0.05) is 79.3 Å². The van der Waals surface area contributed by atoms with Gasteiger partial charge in [0.05, 0.1) is 41.0 Å². The summed E-state index contributed by atoms with van der Waals surface area (Å²) < 4.78 is 3.15. The molecule has 3 aromatic rings. The highest BCUT2D eigenvalue weighted by atomic mass is 16.7. The molecular formula is C39H50N11O6+. The van der Waals surface area contributed by atoms with E-state index in [0.29, 0.717) is 18.8 Å². The summed E-state index contributed by atoms with van der Waals surface area (Å²) in [5, 5.41) is 36.9. The molecule has 1 aromatic carbocycles. The van der Waals surface area contributed by atoms with Crippen molar-refractivity contribution in [1.29, 1.82) is 0 Å². The second kappa shape index (κ2) is 14.5. The number of rotatable bonds is 12. The predicted molar refractivity (Wildman–Crippen MR) is 205 cm³/mol. The molecule has 3 amide bonds. The summed E-state index contributed by atoms with van der Waals surface area (Å²) in [5.74, 6) is -3.23. The lowest BCUT2D eigenvalue weighted by molar-refractivity contribution is -0.898. The van der Waals surface area contributed by atoms with Crippen LogP contribution < -0.4 is 41.9 Å². The lowest BCUT2D eigenvalue weighted by atomic mass is 9.93. The van der Waals surface area contributed by atoms with Gasteiger partial charge in [-0.15, -0.1) is 0 Å². The van der Waals surface area contributed by atoms with Crippen molar-refractivity contribution in [2.45, 2.75) is 69.5 Å². The molecule has 2 aliphatic carbocycles. The van der Waals surface area contributed by atoms with Crippen molar-refractivity contribution in [3.63, 3.8) is 0 Å². The van der Waals surface area contributed by atoms with E-state index < -0.39 is 11.8 Å². The Morgan fingerprint density at radius 2 is 1.73 bits per heavy atom. The van der Waals surface area contributed by atoms with E-state index in [4.69, 9.17) is 21.4 Å². The second-order valence-corrected chi connectivity index (χ2v) is 15.4. The van der Waals surface area contributed by atoms with Crippen molar-refractivity contribution in [3.8, 4) is 11.1 Å². The average Bonchev–Trinajstić information content (AvgIpc) is 4.08. The molecule has 2 saturated heterocycles. The molecule has 2 aromatic heterocycles. The quantitative estimate of drug-likeness (QED) is 0.0580. The maximum Gasteiger partial charge on any atom is 0.323 e. The number of hydrogen-bond donors (Lipinski definition) is 7. The molecule has 1 atom stereocenters. The Balaban J connectivity index is 1.05. The smallest absolute Gasteiger partial charge is 0.323 e. The number of pyridine rings is 1. The summed E-state index contributed by atoms with van der Waals surface area (Å²) in [6.07, 6.45) is 8.58. The van der Waals surface area contributed by atoms with E-state index in [2.05, 4.69) is 27.8 Å². The average molecular weight is 769 g/mol. The van der Waals surface area contributed by atoms with Crippen LogP contribution in [0, 0.1) is 5.92 Å². The number of anilines is 2. The molecule has 56 heavy (non-hydrogen) atoms. The second-order valence-electron chi connectivity index (χ2n) is 15.4. The van der Waals surface area contributed by atoms with E-state index in [0.717, 1.165) is 61.0 Å². The maximum atomic E-state index is 13.3. The van der Waals surface area contributed by atoms with Crippen LogP contribution in [0.25, 0.3) is 11.1 Å². The number of aliphatic hydroxyl groups is 2. The first-order valence-corrected chi connectivity index (χ1v) is 19.3. The van der Waals surface area contributed by atoms with Crippen LogP contribution in [0.5, 0.6) is 0 Å². The van der Waals surface area contributed by atoms with E-state index in [9.17, 15) is 24.6 Å². The minimum absolute atomic E-state index is 0.0222. The first-order valence-electron chi connectivity index (χ1n) is 19.3. The first-order chi connectivity index (χ1) is 26.9. The lowest BCUT2D eigenvalue weighted by Crippen LogP contribution is -2.64. The molecule has 9 N–H and O–H groups in total. The molecule has 0 radical (unpaired) electrons. The molecule has 3 aliphatic heterocycles. The Bertz CT molecular complexity index is 2130. The summed E-state index contributed by atoms with van der Waals surface area (Å²) in [4.78, 5) is 49.8. The summed E-state index contributed by atoms with van der Waals surface area (Å²) in [6.45, 7) is 3.89. The van der Waals surface area contributed by atoms with Gasteiger partial charge < -0.3 is 47.4 Å². The molecule has 8 rings (SSSR count). The van der Waals surface area contributed by atoms with Crippen LogP contribution >= 0.6 is 0 Å². The van der Waals surface area contributed by atoms with E-state index in [-0.39, 0.29) is 77.6 Å². The van der Waals surface area contributed by atoms with Gasteiger partial charge in [-0.25, -0.2) is 4.90 Å². The normalized spacial score (nSPS) is 20.4. The molecule has 4 fully saturated rings. The van der Waals surface area contributed by atoms with Gasteiger partial charge in [-0.05, 0) is 57.6 Å². The molecule has 0 spiro atoms. The highest BCUT2D eigenvalue weighted by molar-refractivity contribution is 5.96. The monoisotopic (exact) mass is 768 g/mol. The maximum absolute atomic E-state index is 13.3. The highest BCUT2D eigenvalue weighted by Gasteiger charge is 2.51. The molecule has 5 heterocycles. The number of allylic oxidation sites excluding steroid dienone is 1. The lowest BCUT2D eigenvalue weighted by Gasteiger charge is -2.45. The topological polar surface area (TPSA) is 220 Å². The number of fused-ring (bicyclic) bond motifs is 3. The predicted octanol–water partition coefficient (Wildman–Crippen LogP) is 0.482. The third kappa shape index (κ3) is 6.79. The van der Waals surface area contributed by atoms with Gasteiger partial charge in [-0.2, -0.15) is 5.10 Å². The van der Waals surface area contributed by atoms with Crippen molar-refractivity contribution in [2.75, 3.05) is 50.6 Å². The number of nitrogens with one attached hydrogen (secondary N) is 3. The van der Waals surface area contributed by atoms with Crippen molar-refractivity contribution in [3.05, 3.63) is 83.0 Å². The van der Waals surface area contributed by atoms with Gasteiger partial charge in [-0.1, -0.05) is 12.1 Å². The minimum atomic E-state index is -2.43. The molecule has 0 bridgehead atoms. The fraction of sp³-hybridized carbons (Fsp3) is 0.462. The number of nitrogens with two attached hydrogens (primary N) is 2. The summed E-state index contributed by atoms with van der Waals surface area (Å²) >= 11 is 0. The van der Waals surface area contributed by atoms with E-state index in [1.807, 2.05) is 36.1 Å². The molecule has 1 unspecified atom stereocenters. The Morgan fingerprint density at radius 3 is 2.41 bits per heavy atom. The van der Waals surface area contributed by atoms with Gasteiger partial charge in [0.15, 0.2) is 0 Å². The van der Waals surface area contributed by atoms with E-state index in [1.165, 1.54) is 28.9 Å². The Kier molecular flexibility index (Phi) is 9.62. The fourth-order valence-electron chi connectivity index (χ4n) is 7.83. The molecule has 296 valence electrons. The number of carbonyl (C=O) groups is 3. The Morgan fingerprint density at radius 1 is 1.02 bits per heavy atom. The zero-order valence-electron chi connectivity index (χ0n) is 31.9. The molecule has 2 saturated carbocycles. The van der Waals surface area contributed by atoms with Crippen LogP contribution in [0.15, 0.2) is 65.9 Å². The number of para-hydroxylation sites is 1. The number of hydrogen-bond acceptors (Lipinski definition) is 12. The van der Waals surface area contributed by atoms with Crippen molar-refractivity contribution < 1.29 is 34.2 Å². The van der Waals surface area contributed by atoms with Gasteiger partial charge in [-0.3, -0.25) is 23.9 Å². The first kappa shape index (κ1) is 37.3. The number of carbonyl (C=O) groups excluding carboxylic acids is 3. The Labute approximate surface area is 324 Å². The van der Waals surface area contributed by atoms with Crippen LogP contribution in [0.4, 0.5) is 11.4 Å². The summed E-state index contributed by atoms with van der Waals surface area (Å²) in [6, 6.07) is 10.3. The number of benzene rings is 1. The molecular weight excluding hydrogens is 718 g/mol. The zero-order valence-corrected chi connectivity index (χ0v) is 31.9. The van der Waals surface area contributed by atoms with Crippen molar-refractivity contribution >= 4 is 29.1 Å². The summed E-state index contributed by atoms with van der Waals surface area (Å²) in [5.41, 5.74) is 17.4. The third-order valence-electron chi connectivity index (χ3n) is 11.5. The Hall–Kier alpha value is -5.65. The summed E-state index contributed by atoms with van der Waals surface area (Å²) in [7, 11) is 3.37. The van der Waals surface area contributed by atoms with Gasteiger partial charge in [0.2, 0.25) is 5.91 Å². The van der Waals surface area contributed by atoms with E-state index >= 15 is 0 Å². The zero-order chi connectivity index (χ0) is 39.5. The largest absolute Gasteiger partial charge is 0.393 e. The van der Waals surface area contributed by atoms with Crippen LogP contribution in [-0.4, -0.2) is 93.9 Å². The highest BCUT2D eigenvalue weighted by Crippen LogP contribution is 2.49. The standard InChI is InChI=1S/C39H49N11O6/c1-22-34-27(19-42-49(34)25-20-48(21-25)39(54,55)31-11-7-10-30(50(31)56-3)38(53)47-16-4-5-17-47)26-8-6-9-28(35(26)46(22)2)44-29(33(41)37(52)43-24-14-15-24)18-32(40)45-36(51)23-12-13-23/h6-11,18-19,22-25,41,54-55H,4-5,12-17,20-21H2,1-3H3,(H5,40,43,44,45,51,52,53)/p+1. The SMILES string of the molecule is CO[n+]1c(C(=O)N2CCCC2)cccc1C(O)(O)N1CC(n2ncc3c2C(C)N(C)c2c(NC(/C=C(\N)NC(=O)C4CC4)=C(/N)C(=O)NC4CC4)cccc2-3)C1. The van der Waals surface area contributed by atoms with Gasteiger partial charge in [0.1, 0.15) is 18.6 Å². The van der Waals surface area contributed by atoms with Crippen LogP contribution in [0.3, 0.4) is 0 Å². The third-order valence-corrected chi connectivity index (χ3v) is 11.5. The van der Waals surface area contributed by atoms with Crippen LogP contribution in [-0.2, 0) is 15.5 Å². The number of aromatic nitrogens is 3. The number of likely N-dealkylation sites (tertiary alicyclic amines) is 2. The molecule has 17 heteroatoms. The molecule has 5 aliphatic rings. The van der Waals surface area contributed by atoms with E-state index in [1.54, 1.807) is 17.0 Å². The minimum Gasteiger partial charge on any atom is -0.393 e. The van der Waals surface area contributed by atoms with Crippen molar-refractivity contribution in [1.82, 2.24) is 30.2 Å². The van der Waals surface area contributed by atoms with Gasteiger partial charge in [0.25, 0.3) is 5.91 Å². The number of nitrogens with zero attached hydrogens (tertiary/aromatic N) is 6. The van der Waals surface area contributed by atoms with Crippen molar-refractivity contribution in [2.24, 2.45) is 17.4 Å².